The van der Waals surface area contributed by atoms with Crippen LogP contribution < -0.4 is 4.90 Å². The highest BCUT2D eigenvalue weighted by Crippen LogP contribution is 2.46. The van der Waals surface area contributed by atoms with Crippen LogP contribution in [0.15, 0.2) is 48.5 Å². The van der Waals surface area contributed by atoms with Crippen LogP contribution in [0.2, 0.25) is 0 Å². The van der Waals surface area contributed by atoms with Gasteiger partial charge in [0.05, 0.1) is 23.9 Å². The third-order valence-electron chi connectivity index (χ3n) is 5.89. The number of benzene rings is 2. The van der Waals surface area contributed by atoms with Crippen LogP contribution in [0.4, 0.5) is 5.69 Å². The molecule has 2 aromatic rings. The van der Waals surface area contributed by atoms with E-state index in [-0.39, 0.29) is 37.3 Å². The van der Waals surface area contributed by atoms with Crippen LogP contribution in [0.1, 0.15) is 53.0 Å². The van der Waals surface area contributed by atoms with Gasteiger partial charge in [0, 0.05) is 18.9 Å². The largest absolute Gasteiger partial charge is 0.465 e. The number of methoxy groups -OCH3 is 1. The van der Waals surface area contributed by atoms with Crippen LogP contribution >= 0.6 is 0 Å². The van der Waals surface area contributed by atoms with Crippen LogP contribution in [0.3, 0.4) is 0 Å². The lowest BCUT2D eigenvalue weighted by atomic mass is 9.95. The van der Waals surface area contributed by atoms with Crippen molar-refractivity contribution in [1.82, 2.24) is 4.90 Å². The molecular formula is C24H24N2O6. The maximum atomic E-state index is 13.5. The lowest BCUT2D eigenvalue weighted by Gasteiger charge is -2.50. The first-order valence-electron chi connectivity index (χ1n) is 10.4. The molecule has 1 atom stereocenters. The molecule has 2 amide bonds. The fraction of sp³-hybridized carbons (Fsp3) is 0.333. The van der Waals surface area contributed by atoms with Crippen LogP contribution in [0.5, 0.6) is 0 Å². The number of para-hydroxylation sites is 1. The van der Waals surface area contributed by atoms with Gasteiger partial charge in [-0.1, -0.05) is 24.3 Å². The number of carbonyl (C=O) groups is 4. The van der Waals surface area contributed by atoms with E-state index in [1.807, 2.05) is 13.8 Å². The van der Waals surface area contributed by atoms with E-state index in [1.54, 1.807) is 48.5 Å². The second-order valence-corrected chi connectivity index (χ2v) is 8.10. The van der Waals surface area contributed by atoms with Crippen molar-refractivity contribution in [3.05, 3.63) is 65.2 Å². The van der Waals surface area contributed by atoms with Gasteiger partial charge < -0.3 is 14.4 Å². The third kappa shape index (κ3) is 3.23. The number of hydrogen-bond donors (Lipinski definition) is 0. The van der Waals surface area contributed by atoms with Gasteiger partial charge in [-0.05, 0) is 43.7 Å². The number of esters is 2. The average Bonchev–Trinajstić information content (AvgIpc) is 3.15. The molecule has 0 aromatic heterocycles. The van der Waals surface area contributed by atoms with E-state index in [9.17, 15) is 19.2 Å². The summed E-state index contributed by atoms with van der Waals surface area (Å²) >= 11 is 0. The molecule has 1 unspecified atom stereocenters. The minimum atomic E-state index is -1.53. The van der Waals surface area contributed by atoms with Gasteiger partial charge in [0.15, 0.2) is 0 Å². The Morgan fingerprint density at radius 3 is 2.41 bits per heavy atom. The molecule has 0 saturated carbocycles. The summed E-state index contributed by atoms with van der Waals surface area (Å²) in [4.78, 5) is 54.3. The van der Waals surface area contributed by atoms with Gasteiger partial charge in [0.1, 0.15) is 6.61 Å². The summed E-state index contributed by atoms with van der Waals surface area (Å²) < 4.78 is 10.3. The van der Waals surface area contributed by atoms with E-state index in [0.29, 0.717) is 22.4 Å². The first kappa shape index (κ1) is 21.5. The van der Waals surface area contributed by atoms with Gasteiger partial charge in [0.25, 0.3) is 5.91 Å². The standard InChI is InChI=1S/C24H24N2O6/c1-15(2)25-21(28)18-6-4-5-7-19(18)26-20(27)12-13-24(25,26)23(30)32-14-16-8-10-17(11-9-16)22(29)31-3/h4-11,15H,12-14H2,1-3H3. The highest BCUT2D eigenvalue weighted by atomic mass is 16.5. The molecular weight excluding hydrogens is 412 g/mol. The predicted octanol–water partition coefficient (Wildman–Crippen LogP) is 2.90. The summed E-state index contributed by atoms with van der Waals surface area (Å²) in [7, 11) is 1.30. The normalized spacial score (nSPS) is 19.6. The van der Waals surface area contributed by atoms with E-state index >= 15 is 0 Å². The molecule has 2 aromatic carbocycles. The van der Waals surface area contributed by atoms with Crippen LogP contribution in [-0.2, 0) is 25.7 Å². The Morgan fingerprint density at radius 1 is 1.06 bits per heavy atom. The van der Waals surface area contributed by atoms with Gasteiger partial charge in [0.2, 0.25) is 11.6 Å². The molecule has 0 spiro atoms. The first-order valence-corrected chi connectivity index (χ1v) is 10.4. The molecule has 32 heavy (non-hydrogen) atoms. The molecule has 2 aliphatic rings. The molecule has 0 aliphatic carbocycles. The zero-order chi connectivity index (χ0) is 23.0. The van der Waals surface area contributed by atoms with Gasteiger partial charge in [-0.25, -0.2) is 9.59 Å². The second-order valence-electron chi connectivity index (χ2n) is 8.10. The monoisotopic (exact) mass is 436 g/mol. The highest BCUT2D eigenvalue weighted by molar-refractivity contribution is 6.15. The Bertz CT molecular complexity index is 1090. The van der Waals surface area contributed by atoms with E-state index in [4.69, 9.17) is 4.74 Å². The molecule has 0 bridgehead atoms. The van der Waals surface area contributed by atoms with Crippen LogP contribution in [-0.4, -0.2) is 47.5 Å². The maximum Gasteiger partial charge on any atom is 0.354 e. The van der Waals surface area contributed by atoms with Crippen molar-refractivity contribution in [2.45, 2.75) is 45.0 Å². The Labute approximate surface area is 185 Å². The number of rotatable bonds is 5. The van der Waals surface area contributed by atoms with E-state index in [2.05, 4.69) is 4.74 Å². The van der Waals surface area contributed by atoms with Crippen molar-refractivity contribution in [3.8, 4) is 0 Å². The van der Waals surface area contributed by atoms with E-state index < -0.39 is 17.6 Å². The van der Waals surface area contributed by atoms with Crippen molar-refractivity contribution in [1.29, 1.82) is 0 Å². The zero-order valence-corrected chi connectivity index (χ0v) is 18.2. The van der Waals surface area contributed by atoms with Crippen molar-refractivity contribution in [3.63, 3.8) is 0 Å². The van der Waals surface area contributed by atoms with Crippen molar-refractivity contribution >= 4 is 29.4 Å². The summed E-state index contributed by atoms with van der Waals surface area (Å²) in [6.45, 7) is 3.56. The van der Waals surface area contributed by atoms with Crippen molar-refractivity contribution < 1.29 is 28.7 Å². The molecule has 0 N–H and O–H groups in total. The maximum absolute atomic E-state index is 13.5. The van der Waals surface area contributed by atoms with Crippen LogP contribution in [0, 0.1) is 0 Å². The molecule has 2 heterocycles. The molecule has 2 aliphatic heterocycles. The Hall–Kier alpha value is -3.68. The highest BCUT2D eigenvalue weighted by Gasteiger charge is 2.62. The lowest BCUT2D eigenvalue weighted by Crippen LogP contribution is -2.70. The summed E-state index contributed by atoms with van der Waals surface area (Å²) in [6.07, 6.45) is 0.290. The molecule has 8 heteroatoms. The molecule has 8 nitrogen and oxygen atoms in total. The molecule has 1 saturated heterocycles. The number of amides is 2. The summed E-state index contributed by atoms with van der Waals surface area (Å²) in [5.41, 5.74) is 0.337. The zero-order valence-electron chi connectivity index (χ0n) is 18.2. The van der Waals surface area contributed by atoms with Crippen molar-refractivity contribution in [2.24, 2.45) is 0 Å². The second kappa shape index (κ2) is 8.11. The number of ether oxygens (including phenoxy) is 2. The number of carbonyl (C=O) groups excluding carboxylic acids is 4. The number of fused-ring (bicyclic) bond motifs is 3. The smallest absolute Gasteiger partial charge is 0.354 e. The first-order chi connectivity index (χ1) is 15.3. The van der Waals surface area contributed by atoms with Gasteiger partial charge in [-0.2, -0.15) is 0 Å². The molecule has 1 fully saturated rings. The third-order valence-corrected chi connectivity index (χ3v) is 5.89. The number of nitrogens with zero attached hydrogens (tertiary/aromatic N) is 2. The van der Waals surface area contributed by atoms with E-state index in [0.717, 1.165) is 0 Å². The fourth-order valence-electron chi connectivity index (χ4n) is 4.49. The topological polar surface area (TPSA) is 93.2 Å². The number of hydrogen-bond acceptors (Lipinski definition) is 6. The molecule has 166 valence electrons. The lowest BCUT2D eigenvalue weighted by molar-refractivity contribution is -0.159. The fourth-order valence-corrected chi connectivity index (χ4v) is 4.49. The quantitative estimate of drug-likeness (QED) is 0.669. The Morgan fingerprint density at radius 2 is 1.75 bits per heavy atom. The van der Waals surface area contributed by atoms with E-state index in [1.165, 1.54) is 16.9 Å². The number of anilines is 1. The Balaban J connectivity index is 1.66. The summed E-state index contributed by atoms with van der Waals surface area (Å²) in [5.74, 6) is -1.65. The van der Waals surface area contributed by atoms with Gasteiger partial charge in [-0.3, -0.25) is 14.5 Å². The Kier molecular flexibility index (Phi) is 5.46. The van der Waals surface area contributed by atoms with Crippen LogP contribution in [0.25, 0.3) is 0 Å². The van der Waals surface area contributed by atoms with Gasteiger partial charge >= 0.3 is 11.9 Å². The summed E-state index contributed by atoms with van der Waals surface area (Å²) in [6, 6.07) is 13.0. The SMILES string of the molecule is COC(=O)c1ccc(COC(=O)C23CCC(=O)N2c2ccccc2C(=O)N3C(C)C)cc1. The minimum absolute atomic E-state index is 0.0637. The average molecular weight is 436 g/mol. The van der Waals surface area contributed by atoms with Gasteiger partial charge in [-0.15, -0.1) is 0 Å². The minimum Gasteiger partial charge on any atom is -0.465 e. The van der Waals surface area contributed by atoms with Crippen molar-refractivity contribution in [2.75, 3.05) is 12.0 Å². The predicted molar refractivity (Wildman–Crippen MR) is 115 cm³/mol. The molecule has 0 radical (unpaired) electrons. The summed E-state index contributed by atoms with van der Waals surface area (Å²) in [5, 5.41) is 0. The molecule has 4 rings (SSSR count).